The van der Waals surface area contributed by atoms with Crippen molar-refractivity contribution in [2.45, 2.75) is 5.51 Å². The number of halogens is 4. The molecule has 0 aliphatic carbocycles. The summed E-state index contributed by atoms with van der Waals surface area (Å²) in [6.07, 6.45) is 1.24. The molecule has 1 aromatic rings. The van der Waals surface area contributed by atoms with Gasteiger partial charge >= 0.3 is 5.51 Å². The summed E-state index contributed by atoms with van der Waals surface area (Å²) in [5.74, 6) is 0.524. The Morgan fingerprint density at radius 2 is 2.12 bits per heavy atom. The molecule has 0 fully saturated rings. The van der Waals surface area contributed by atoms with E-state index in [9.17, 15) is 13.2 Å². The molecular weight excluding hydrogens is 309 g/mol. The van der Waals surface area contributed by atoms with Gasteiger partial charge in [-0.3, -0.25) is 0 Å². The summed E-state index contributed by atoms with van der Waals surface area (Å²) in [5, 5.41) is 2.73. The molecule has 0 aliphatic rings. The van der Waals surface area contributed by atoms with Gasteiger partial charge in [-0.2, -0.15) is 13.2 Å². The van der Waals surface area contributed by atoms with Crippen LogP contribution in [0.15, 0.2) is 10.8 Å². The van der Waals surface area contributed by atoms with E-state index in [4.69, 9.17) is 5.73 Å². The van der Waals surface area contributed by atoms with Gasteiger partial charge in [-0.05, 0) is 27.7 Å². The van der Waals surface area contributed by atoms with Gasteiger partial charge in [0.05, 0.1) is 0 Å². The quantitative estimate of drug-likeness (QED) is 0.836. The van der Waals surface area contributed by atoms with Crippen molar-refractivity contribution in [1.82, 2.24) is 9.97 Å². The van der Waals surface area contributed by atoms with Crippen molar-refractivity contribution < 1.29 is 13.2 Å². The Balaban J connectivity index is 2.41. The average molecular weight is 317 g/mol. The zero-order chi connectivity index (χ0) is 12.2. The SMILES string of the molecule is Nc1ncnc(NCCSC(F)(F)F)c1Br. The molecule has 4 nitrogen and oxygen atoms in total. The maximum absolute atomic E-state index is 11.8. The third-order valence-electron chi connectivity index (χ3n) is 1.48. The lowest BCUT2D eigenvalue weighted by Gasteiger charge is -2.09. The van der Waals surface area contributed by atoms with Crippen LogP contribution in [-0.2, 0) is 0 Å². The minimum Gasteiger partial charge on any atom is -0.383 e. The molecule has 16 heavy (non-hydrogen) atoms. The average Bonchev–Trinajstić information content (AvgIpc) is 2.17. The zero-order valence-electron chi connectivity index (χ0n) is 7.88. The second kappa shape index (κ2) is 5.58. The molecule has 0 saturated carbocycles. The second-order valence-corrected chi connectivity index (χ2v) is 4.60. The number of nitrogens with two attached hydrogens (primary N) is 1. The molecular formula is C7H8BrF3N4S. The van der Waals surface area contributed by atoms with E-state index in [2.05, 4.69) is 31.2 Å². The van der Waals surface area contributed by atoms with Crippen LogP contribution in [0, 0.1) is 0 Å². The maximum atomic E-state index is 11.8. The highest BCUT2D eigenvalue weighted by molar-refractivity contribution is 9.10. The van der Waals surface area contributed by atoms with Crippen LogP contribution in [0.3, 0.4) is 0 Å². The Kier molecular flexibility index (Phi) is 4.66. The first-order valence-electron chi connectivity index (χ1n) is 4.10. The highest BCUT2D eigenvalue weighted by Crippen LogP contribution is 2.30. The Labute approximate surface area is 102 Å². The lowest BCUT2D eigenvalue weighted by Crippen LogP contribution is -2.11. The van der Waals surface area contributed by atoms with E-state index in [0.717, 1.165) is 0 Å². The Morgan fingerprint density at radius 1 is 1.44 bits per heavy atom. The summed E-state index contributed by atoms with van der Waals surface area (Å²) in [6.45, 7) is 0.138. The van der Waals surface area contributed by atoms with Gasteiger partial charge in [-0.25, -0.2) is 9.97 Å². The van der Waals surface area contributed by atoms with Gasteiger partial charge in [0.15, 0.2) is 0 Å². The largest absolute Gasteiger partial charge is 0.441 e. The van der Waals surface area contributed by atoms with Crippen LogP contribution in [0.25, 0.3) is 0 Å². The van der Waals surface area contributed by atoms with E-state index >= 15 is 0 Å². The van der Waals surface area contributed by atoms with Gasteiger partial charge in [0.25, 0.3) is 0 Å². The van der Waals surface area contributed by atoms with Gasteiger partial charge in [0, 0.05) is 12.3 Å². The minimum atomic E-state index is -4.20. The standard InChI is InChI=1S/C7H8BrF3N4S/c8-4-5(12)14-3-15-6(4)13-1-2-16-7(9,10)11/h3H,1-2H2,(H3,12,13,14,15). The van der Waals surface area contributed by atoms with Gasteiger partial charge in [-0.15, -0.1) is 0 Å². The number of aromatic nitrogens is 2. The monoisotopic (exact) mass is 316 g/mol. The molecule has 1 heterocycles. The smallest absolute Gasteiger partial charge is 0.383 e. The topological polar surface area (TPSA) is 63.8 Å². The van der Waals surface area contributed by atoms with Crippen molar-refractivity contribution in [3.63, 3.8) is 0 Å². The fraction of sp³-hybridized carbons (Fsp3) is 0.429. The highest BCUT2D eigenvalue weighted by Gasteiger charge is 2.27. The predicted molar refractivity (Wildman–Crippen MR) is 61.1 cm³/mol. The van der Waals surface area contributed by atoms with Crippen molar-refractivity contribution in [3.8, 4) is 0 Å². The van der Waals surface area contributed by atoms with E-state index in [1.54, 1.807) is 0 Å². The number of nitrogens with one attached hydrogen (secondary N) is 1. The summed E-state index contributed by atoms with van der Waals surface area (Å²) in [6, 6.07) is 0. The summed E-state index contributed by atoms with van der Waals surface area (Å²) in [4.78, 5) is 7.53. The second-order valence-electron chi connectivity index (χ2n) is 2.64. The molecule has 0 unspecified atom stereocenters. The van der Waals surface area contributed by atoms with E-state index < -0.39 is 5.51 Å². The number of nitrogen functional groups attached to an aromatic ring is 1. The number of alkyl halides is 3. The molecule has 0 bridgehead atoms. The van der Waals surface area contributed by atoms with Crippen LogP contribution in [-0.4, -0.2) is 27.8 Å². The van der Waals surface area contributed by atoms with Crippen LogP contribution >= 0.6 is 27.7 Å². The summed E-state index contributed by atoms with van der Waals surface area (Å²) >= 11 is 3.04. The predicted octanol–water partition coefficient (Wildman–Crippen LogP) is 2.49. The zero-order valence-corrected chi connectivity index (χ0v) is 10.3. The molecule has 0 saturated heterocycles. The van der Waals surface area contributed by atoms with E-state index in [0.29, 0.717) is 10.3 Å². The number of rotatable bonds is 4. The first-order valence-corrected chi connectivity index (χ1v) is 5.88. The number of thioether (sulfide) groups is 1. The molecule has 0 radical (unpaired) electrons. The molecule has 1 rings (SSSR count). The Bertz CT molecular complexity index is 360. The Morgan fingerprint density at radius 3 is 2.75 bits per heavy atom. The highest BCUT2D eigenvalue weighted by atomic mass is 79.9. The molecule has 90 valence electrons. The van der Waals surface area contributed by atoms with Crippen molar-refractivity contribution in [1.29, 1.82) is 0 Å². The third kappa shape index (κ3) is 4.44. The first kappa shape index (κ1) is 13.4. The van der Waals surface area contributed by atoms with Gasteiger partial charge < -0.3 is 11.1 Å². The normalized spacial score (nSPS) is 11.5. The van der Waals surface area contributed by atoms with Gasteiger partial charge in [0.2, 0.25) is 0 Å². The lowest BCUT2D eigenvalue weighted by atomic mass is 10.5. The molecule has 1 aromatic heterocycles. The molecule has 0 atom stereocenters. The lowest BCUT2D eigenvalue weighted by molar-refractivity contribution is -0.0327. The molecule has 0 aliphatic heterocycles. The number of anilines is 2. The van der Waals surface area contributed by atoms with E-state index in [1.165, 1.54) is 6.33 Å². The first-order chi connectivity index (χ1) is 7.40. The summed E-state index contributed by atoms with van der Waals surface area (Å²) < 4.78 is 35.9. The van der Waals surface area contributed by atoms with Gasteiger partial charge in [-0.1, -0.05) is 0 Å². The van der Waals surface area contributed by atoms with Crippen LogP contribution in [0.5, 0.6) is 0 Å². The van der Waals surface area contributed by atoms with Gasteiger partial charge in [0.1, 0.15) is 22.4 Å². The van der Waals surface area contributed by atoms with Crippen molar-refractivity contribution in [2.24, 2.45) is 0 Å². The number of nitrogens with zero attached hydrogens (tertiary/aromatic N) is 2. The van der Waals surface area contributed by atoms with Crippen molar-refractivity contribution in [2.75, 3.05) is 23.3 Å². The number of hydrogen-bond donors (Lipinski definition) is 2. The van der Waals surface area contributed by atoms with Crippen LogP contribution in [0.4, 0.5) is 24.8 Å². The van der Waals surface area contributed by atoms with E-state index in [1.807, 2.05) is 0 Å². The molecule has 0 spiro atoms. The number of hydrogen-bond acceptors (Lipinski definition) is 5. The Hall–Kier alpha value is -0.700. The summed E-state index contributed by atoms with van der Waals surface area (Å²) in [5.41, 5.74) is 1.27. The molecule has 9 heteroatoms. The van der Waals surface area contributed by atoms with Crippen LogP contribution in [0.1, 0.15) is 0 Å². The minimum absolute atomic E-state index is 0.0896. The molecule has 0 amide bonds. The van der Waals surface area contributed by atoms with Crippen molar-refractivity contribution in [3.05, 3.63) is 10.8 Å². The molecule has 3 N–H and O–H groups in total. The third-order valence-corrected chi connectivity index (χ3v) is 2.99. The fourth-order valence-electron chi connectivity index (χ4n) is 0.843. The van der Waals surface area contributed by atoms with Crippen molar-refractivity contribution >= 4 is 39.3 Å². The molecule has 0 aromatic carbocycles. The maximum Gasteiger partial charge on any atom is 0.441 e. The van der Waals surface area contributed by atoms with E-state index in [-0.39, 0.29) is 29.9 Å². The fourth-order valence-corrected chi connectivity index (χ4v) is 1.62. The summed E-state index contributed by atoms with van der Waals surface area (Å²) in [7, 11) is 0. The van der Waals surface area contributed by atoms with Crippen LogP contribution < -0.4 is 11.1 Å². The van der Waals surface area contributed by atoms with Crippen LogP contribution in [0.2, 0.25) is 0 Å².